The smallest absolute Gasteiger partial charge is 0.267 e. The van der Waals surface area contributed by atoms with Gasteiger partial charge in [-0.2, -0.15) is 0 Å². The lowest BCUT2D eigenvalue weighted by Gasteiger charge is -2.37. The van der Waals surface area contributed by atoms with E-state index in [9.17, 15) is 14.0 Å². The summed E-state index contributed by atoms with van der Waals surface area (Å²) in [5.41, 5.74) is 3.24. The summed E-state index contributed by atoms with van der Waals surface area (Å²) in [4.78, 5) is 38.4. The quantitative estimate of drug-likeness (QED) is 0.219. The van der Waals surface area contributed by atoms with Crippen molar-refractivity contribution in [3.05, 3.63) is 110 Å². The lowest BCUT2D eigenvalue weighted by molar-refractivity contribution is -0.122. The molecule has 208 valence electrons. The molecule has 4 heterocycles. The number of anilines is 2. The van der Waals surface area contributed by atoms with Gasteiger partial charge in [-0.1, -0.05) is 59.8 Å². The number of aromatic nitrogens is 2. The van der Waals surface area contributed by atoms with Gasteiger partial charge in [0, 0.05) is 43.1 Å². The van der Waals surface area contributed by atoms with Gasteiger partial charge < -0.3 is 9.80 Å². The molecule has 0 atom stereocenters. The van der Waals surface area contributed by atoms with Gasteiger partial charge in [-0.25, -0.2) is 9.37 Å². The third-order valence-corrected chi connectivity index (χ3v) is 9.02. The number of hydrogen-bond donors (Lipinski definition) is 0. The van der Waals surface area contributed by atoms with E-state index in [2.05, 4.69) is 9.80 Å². The first-order chi connectivity index (χ1) is 19.8. The molecule has 2 aliphatic rings. The number of carbonyl (C=O) groups is 1. The zero-order valence-corrected chi connectivity index (χ0v) is 24.5. The normalized spacial score (nSPS) is 16.9. The summed E-state index contributed by atoms with van der Waals surface area (Å²) in [6.07, 6.45) is 3.31. The summed E-state index contributed by atoms with van der Waals surface area (Å²) in [6, 6.07) is 17.5. The Morgan fingerprint density at radius 3 is 2.44 bits per heavy atom. The molecule has 0 saturated carbocycles. The molecule has 11 heteroatoms. The summed E-state index contributed by atoms with van der Waals surface area (Å²) in [5, 5.41) is 0.555. The zero-order valence-electron chi connectivity index (χ0n) is 22.1. The number of amides is 1. The molecule has 2 aliphatic heterocycles. The maximum atomic E-state index is 13.9. The van der Waals surface area contributed by atoms with Crippen LogP contribution in [0.3, 0.4) is 0 Å². The highest BCUT2D eigenvalue weighted by Crippen LogP contribution is 2.35. The Morgan fingerprint density at radius 1 is 1.00 bits per heavy atom. The Hall–Kier alpha value is -3.73. The fourth-order valence-corrected chi connectivity index (χ4v) is 6.49. The number of aryl methyl sites for hydroxylation is 1. The number of hydrogen-bond acceptors (Lipinski definition) is 7. The molecule has 2 aromatic heterocycles. The van der Waals surface area contributed by atoms with Crippen LogP contribution in [0.25, 0.3) is 11.7 Å². The van der Waals surface area contributed by atoms with Gasteiger partial charge in [0.05, 0.1) is 17.0 Å². The molecule has 2 saturated heterocycles. The number of thiocarbonyl (C=S) groups is 1. The molecule has 2 fully saturated rings. The Morgan fingerprint density at radius 2 is 1.71 bits per heavy atom. The lowest BCUT2D eigenvalue weighted by Crippen LogP contribution is -2.47. The molecule has 0 unspecified atom stereocenters. The number of fused-ring (bicyclic) bond motifs is 1. The van der Waals surface area contributed by atoms with Gasteiger partial charge in [-0.15, -0.1) is 0 Å². The second-order valence-electron chi connectivity index (χ2n) is 9.85. The molecule has 4 aromatic rings. The highest BCUT2D eigenvalue weighted by molar-refractivity contribution is 8.26. The van der Waals surface area contributed by atoms with Gasteiger partial charge in [-0.05, 0) is 60.5 Å². The summed E-state index contributed by atoms with van der Waals surface area (Å²) < 4.78 is 15.4. The largest absolute Gasteiger partial charge is 0.368 e. The molecule has 0 bridgehead atoms. The van der Waals surface area contributed by atoms with Crippen molar-refractivity contribution in [2.45, 2.75) is 13.5 Å². The number of benzene rings is 2. The van der Waals surface area contributed by atoms with Crippen LogP contribution in [-0.4, -0.2) is 50.7 Å². The third kappa shape index (κ3) is 5.35. The fourth-order valence-electron chi connectivity index (χ4n) is 5.06. The first kappa shape index (κ1) is 27.4. The number of halogens is 2. The molecule has 7 nitrogen and oxygen atoms in total. The molecule has 2 aromatic carbocycles. The van der Waals surface area contributed by atoms with E-state index in [1.807, 2.05) is 31.2 Å². The van der Waals surface area contributed by atoms with E-state index in [0.717, 1.165) is 16.8 Å². The van der Waals surface area contributed by atoms with Crippen LogP contribution in [0.5, 0.6) is 0 Å². The fraction of sp³-hybridized carbons (Fsp3) is 0.200. The van der Waals surface area contributed by atoms with Crippen LogP contribution in [0.2, 0.25) is 5.02 Å². The number of thioether (sulfide) groups is 1. The van der Waals surface area contributed by atoms with Gasteiger partial charge >= 0.3 is 0 Å². The second-order valence-corrected chi connectivity index (χ2v) is 11.9. The molecule has 41 heavy (non-hydrogen) atoms. The molecule has 1 amide bonds. The summed E-state index contributed by atoms with van der Waals surface area (Å²) >= 11 is 13.1. The highest BCUT2D eigenvalue weighted by Gasteiger charge is 2.33. The standard InChI is InChI=1S/C30H25ClFN5O2S2/c1-19-5-4-12-36-26(19)33-27(35-15-13-34(14-16-35)22-10-8-21(32)9-11-22)23(28(36)38)17-25-29(39)37(30(40)41-25)18-20-6-2-3-7-24(20)31/h2-12,17H,13-16,18H2,1H3/b25-17+. The number of nitrogens with zero attached hydrogens (tertiary/aromatic N) is 5. The lowest BCUT2D eigenvalue weighted by atomic mass is 10.2. The first-order valence-corrected chi connectivity index (χ1v) is 14.7. The van der Waals surface area contributed by atoms with Crippen LogP contribution in [-0.2, 0) is 11.3 Å². The van der Waals surface area contributed by atoms with Crippen LogP contribution < -0.4 is 15.4 Å². The van der Waals surface area contributed by atoms with Crippen LogP contribution in [0, 0.1) is 12.7 Å². The first-order valence-electron chi connectivity index (χ1n) is 13.1. The minimum absolute atomic E-state index is 0.244. The van der Waals surface area contributed by atoms with Gasteiger partial charge in [0.1, 0.15) is 21.6 Å². The molecular formula is C30H25ClFN5O2S2. The summed E-state index contributed by atoms with van der Waals surface area (Å²) in [7, 11) is 0. The Kier molecular flexibility index (Phi) is 7.54. The van der Waals surface area contributed by atoms with Crippen LogP contribution in [0.4, 0.5) is 15.9 Å². The molecule has 0 N–H and O–H groups in total. The Labute approximate surface area is 250 Å². The van der Waals surface area contributed by atoms with Crippen molar-refractivity contribution in [2.24, 2.45) is 0 Å². The van der Waals surface area contributed by atoms with Crippen molar-refractivity contribution in [2.75, 3.05) is 36.0 Å². The molecule has 0 radical (unpaired) electrons. The topological polar surface area (TPSA) is 61.2 Å². The van der Waals surface area contributed by atoms with E-state index in [0.29, 0.717) is 57.5 Å². The van der Waals surface area contributed by atoms with E-state index in [1.54, 1.807) is 36.5 Å². The Balaban J connectivity index is 1.35. The molecular weight excluding hydrogens is 581 g/mol. The van der Waals surface area contributed by atoms with E-state index < -0.39 is 0 Å². The van der Waals surface area contributed by atoms with Crippen molar-refractivity contribution in [3.63, 3.8) is 0 Å². The maximum absolute atomic E-state index is 13.9. The van der Waals surface area contributed by atoms with E-state index >= 15 is 0 Å². The van der Waals surface area contributed by atoms with E-state index in [4.69, 9.17) is 28.8 Å². The molecule has 0 spiro atoms. The number of carbonyl (C=O) groups excluding carboxylic acids is 1. The predicted octanol–water partition coefficient (Wildman–Crippen LogP) is 5.52. The van der Waals surface area contributed by atoms with E-state index in [1.165, 1.54) is 33.2 Å². The van der Waals surface area contributed by atoms with Crippen molar-refractivity contribution >= 4 is 69.0 Å². The van der Waals surface area contributed by atoms with Gasteiger partial charge in [0.2, 0.25) is 0 Å². The van der Waals surface area contributed by atoms with Gasteiger partial charge in [0.15, 0.2) is 0 Å². The zero-order chi connectivity index (χ0) is 28.7. The Bertz CT molecular complexity index is 1770. The predicted molar refractivity (Wildman–Crippen MR) is 167 cm³/mol. The van der Waals surface area contributed by atoms with Crippen molar-refractivity contribution in [3.8, 4) is 0 Å². The maximum Gasteiger partial charge on any atom is 0.267 e. The second kappa shape index (κ2) is 11.3. The number of rotatable bonds is 5. The van der Waals surface area contributed by atoms with Gasteiger partial charge in [0.25, 0.3) is 11.5 Å². The SMILES string of the molecule is Cc1cccn2c(=O)c(/C=C3/SC(=S)N(Cc4ccccc4Cl)C3=O)c(N3CCN(c4ccc(F)cc4)CC3)nc12. The van der Waals surface area contributed by atoms with Crippen molar-refractivity contribution in [1.29, 1.82) is 0 Å². The average molecular weight is 606 g/mol. The van der Waals surface area contributed by atoms with Gasteiger partial charge in [-0.3, -0.25) is 18.9 Å². The van der Waals surface area contributed by atoms with Crippen molar-refractivity contribution < 1.29 is 9.18 Å². The highest BCUT2D eigenvalue weighted by atomic mass is 35.5. The summed E-state index contributed by atoms with van der Waals surface area (Å²) in [5.74, 6) is -0.0225. The monoisotopic (exact) mass is 605 g/mol. The van der Waals surface area contributed by atoms with Crippen LogP contribution in [0.15, 0.2) is 76.6 Å². The average Bonchev–Trinajstić information content (AvgIpc) is 3.24. The van der Waals surface area contributed by atoms with Crippen LogP contribution in [0.1, 0.15) is 16.7 Å². The van der Waals surface area contributed by atoms with E-state index in [-0.39, 0.29) is 23.8 Å². The minimum atomic E-state index is -0.277. The van der Waals surface area contributed by atoms with Crippen LogP contribution >= 0.6 is 35.6 Å². The third-order valence-electron chi connectivity index (χ3n) is 7.27. The number of pyridine rings is 1. The molecule has 6 rings (SSSR count). The molecule has 0 aliphatic carbocycles. The van der Waals surface area contributed by atoms with Crippen molar-refractivity contribution in [1.82, 2.24) is 14.3 Å². The number of piperazine rings is 1. The minimum Gasteiger partial charge on any atom is -0.368 e. The summed E-state index contributed by atoms with van der Waals surface area (Å²) in [6.45, 7) is 4.69.